The second-order valence-corrected chi connectivity index (χ2v) is 9.80. The third-order valence-electron chi connectivity index (χ3n) is 5.44. The summed E-state index contributed by atoms with van der Waals surface area (Å²) < 4.78 is 31.8. The van der Waals surface area contributed by atoms with Gasteiger partial charge in [-0.3, -0.25) is 9.59 Å². The van der Waals surface area contributed by atoms with Crippen molar-refractivity contribution < 1.29 is 27.5 Å². The fraction of sp³-hybridized carbons (Fsp3) is 0.375. The maximum Gasteiger partial charge on any atom is 0.338 e. The normalized spacial score (nSPS) is 14.3. The number of carbonyl (C=O) groups excluding carboxylic acids is 3. The van der Waals surface area contributed by atoms with E-state index in [2.05, 4.69) is 10.6 Å². The van der Waals surface area contributed by atoms with Crippen LogP contribution in [-0.2, 0) is 30.8 Å². The van der Waals surface area contributed by atoms with E-state index in [-0.39, 0.29) is 18.0 Å². The van der Waals surface area contributed by atoms with Crippen molar-refractivity contribution in [1.29, 1.82) is 0 Å². The molecule has 1 fully saturated rings. The minimum atomic E-state index is -3.48. The van der Waals surface area contributed by atoms with Gasteiger partial charge in [0.1, 0.15) is 0 Å². The van der Waals surface area contributed by atoms with Gasteiger partial charge in [0.05, 0.1) is 17.1 Å². The Morgan fingerprint density at radius 1 is 0.912 bits per heavy atom. The predicted molar refractivity (Wildman–Crippen MR) is 127 cm³/mol. The van der Waals surface area contributed by atoms with Crippen molar-refractivity contribution in [2.24, 2.45) is 0 Å². The average Bonchev–Trinajstić information content (AvgIpc) is 2.85. The number of piperidine rings is 1. The van der Waals surface area contributed by atoms with Crippen LogP contribution in [0.5, 0.6) is 0 Å². The number of nitrogens with one attached hydrogen (secondary N) is 2. The molecule has 3 rings (SSSR count). The van der Waals surface area contributed by atoms with Gasteiger partial charge >= 0.3 is 17.8 Å². The second kappa shape index (κ2) is 11.8. The van der Waals surface area contributed by atoms with Crippen LogP contribution in [0.3, 0.4) is 0 Å². The van der Waals surface area contributed by atoms with Gasteiger partial charge in [0, 0.05) is 25.3 Å². The van der Waals surface area contributed by atoms with E-state index in [1.54, 1.807) is 31.2 Å². The molecule has 182 valence electrons. The monoisotopic (exact) mass is 487 g/mol. The molecule has 1 heterocycles. The van der Waals surface area contributed by atoms with E-state index >= 15 is 0 Å². The first-order valence-corrected chi connectivity index (χ1v) is 12.7. The van der Waals surface area contributed by atoms with Crippen LogP contribution in [0.25, 0.3) is 0 Å². The molecule has 0 unspecified atom stereocenters. The number of rotatable bonds is 8. The molecule has 0 saturated carbocycles. The molecule has 9 nitrogen and oxygen atoms in total. The molecule has 1 saturated heterocycles. The Hall–Kier alpha value is -3.24. The standard InChI is InChI=1S/C24H29N3O6S/c1-2-33-24(30)19-8-10-20(11-9-19)26-23(29)22(28)25-15-14-18-6-12-21(13-7-18)34(31,32)27-16-4-3-5-17-27/h6-13H,2-5,14-17H2,1H3,(H,25,28)(H,26,29). The summed E-state index contributed by atoms with van der Waals surface area (Å²) in [5.41, 5.74) is 1.56. The molecular weight excluding hydrogens is 458 g/mol. The number of benzene rings is 2. The summed E-state index contributed by atoms with van der Waals surface area (Å²) in [4.78, 5) is 36.1. The first kappa shape index (κ1) is 25.4. The Morgan fingerprint density at radius 3 is 2.18 bits per heavy atom. The fourth-order valence-electron chi connectivity index (χ4n) is 3.57. The van der Waals surface area contributed by atoms with E-state index in [0.717, 1.165) is 24.8 Å². The van der Waals surface area contributed by atoms with Crippen molar-refractivity contribution in [2.45, 2.75) is 37.5 Å². The zero-order valence-electron chi connectivity index (χ0n) is 19.1. The minimum absolute atomic E-state index is 0.215. The molecular formula is C24H29N3O6S. The smallest absolute Gasteiger partial charge is 0.338 e. The van der Waals surface area contributed by atoms with Gasteiger partial charge in [0.2, 0.25) is 10.0 Å². The summed E-state index contributed by atoms with van der Waals surface area (Å²) in [5.74, 6) is -2.08. The number of hydrogen-bond acceptors (Lipinski definition) is 6. The molecule has 2 aromatic rings. The molecule has 0 bridgehead atoms. The fourth-order valence-corrected chi connectivity index (χ4v) is 5.09. The van der Waals surface area contributed by atoms with Crippen molar-refractivity contribution in [1.82, 2.24) is 9.62 Å². The summed E-state index contributed by atoms with van der Waals surface area (Å²) in [6.45, 7) is 3.29. The van der Waals surface area contributed by atoms with E-state index < -0.39 is 27.8 Å². The molecule has 1 aliphatic heterocycles. The van der Waals surface area contributed by atoms with Gasteiger partial charge in [-0.2, -0.15) is 4.31 Å². The Bertz CT molecular complexity index is 1110. The van der Waals surface area contributed by atoms with Crippen LogP contribution < -0.4 is 10.6 Å². The highest BCUT2D eigenvalue weighted by Gasteiger charge is 2.25. The summed E-state index contributed by atoms with van der Waals surface area (Å²) in [6, 6.07) is 12.6. The van der Waals surface area contributed by atoms with E-state index in [0.29, 0.717) is 30.8 Å². The Morgan fingerprint density at radius 2 is 1.56 bits per heavy atom. The molecule has 2 N–H and O–H groups in total. The van der Waals surface area contributed by atoms with Crippen molar-refractivity contribution in [2.75, 3.05) is 31.6 Å². The van der Waals surface area contributed by atoms with Gasteiger partial charge in [-0.15, -0.1) is 0 Å². The number of carbonyl (C=O) groups is 3. The number of amides is 2. The van der Waals surface area contributed by atoms with E-state index in [9.17, 15) is 22.8 Å². The molecule has 0 spiro atoms. The van der Waals surface area contributed by atoms with Gasteiger partial charge in [-0.1, -0.05) is 18.6 Å². The Labute approximate surface area is 199 Å². The Kier molecular flexibility index (Phi) is 8.78. The second-order valence-electron chi connectivity index (χ2n) is 7.87. The predicted octanol–water partition coefficient (Wildman–Crippen LogP) is 2.34. The Balaban J connectivity index is 1.46. The van der Waals surface area contributed by atoms with Crippen LogP contribution in [-0.4, -0.2) is 56.7 Å². The molecule has 34 heavy (non-hydrogen) atoms. The molecule has 0 radical (unpaired) electrons. The average molecular weight is 488 g/mol. The highest BCUT2D eigenvalue weighted by atomic mass is 32.2. The molecule has 0 atom stereocenters. The summed E-state index contributed by atoms with van der Waals surface area (Å²) >= 11 is 0. The highest BCUT2D eigenvalue weighted by Crippen LogP contribution is 2.21. The largest absolute Gasteiger partial charge is 0.462 e. The van der Waals surface area contributed by atoms with E-state index in [1.807, 2.05) is 0 Å². The van der Waals surface area contributed by atoms with Crippen LogP contribution in [0.4, 0.5) is 5.69 Å². The molecule has 0 aliphatic carbocycles. The minimum Gasteiger partial charge on any atom is -0.462 e. The maximum absolute atomic E-state index is 12.7. The van der Waals surface area contributed by atoms with Gasteiger partial charge in [-0.25, -0.2) is 13.2 Å². The van der Waals surface area contributed by atoms with Gasteiger partial charge < -0.3 is 15.4 Å². The van der Waals surface area contributed by atoms with E-state index in [4.69, 9.17) is 4.74 Å². The molecule has 1 aliphatic rings. The van der Waals surface area contributed by atoms with Crippen LogP contribution in [0.1, 0.15) is 42.1 Å². The molecule has 0 aromatic heterocycles. The zero-order chi connectivity index (χ0) is 24.6. The number of ether oxygens (including phenoxy) is 1. The van der Waals surface area contributed by atoms with Crippen molar-refractivity contribution >= 4 is 33.5 Å². The van der Waals surface area contributed by atoms with Gasteiger partial charge in [-0.05, 0) is 68.1 Å². The number of anilines is 1. The number of esters is 1. The lowest BCUT2D eigenvalue weighted by atomic mass is 10.1. The van der Waals surface area contributed by atoms with Crippen LogP contribution in [0.15, 0.2) is 53.4 Å². The summed E-state index contributed by atoms with van der Waals surface area (Å²) in [7, 11) is -3.48. The van der Waals surface area contributed by atoms with Gasteiger partial charge in [0.25, 0.3) is 0 Å². The number of nitrogens with zero attached hydrogens (tertiary/aromatic N) is 1. The summed E-state index contributed by atoms with van der Waals surface area (Å²) in [6.07, 6.45) is 3.25. The van der Waals surface area contributed by atoms with Crippen molar-refractivity contribution in [3.05, 3.63) is 59.7 Å². The maximum atomic E-state index is 12.7. The first-order valence-electron chi connectivity index (χ1n) is 11.3. The quantitative estimate of drug-likeness (QED) is 0.435. The lowest BCUT2D eigenvalue weighted by Crippen LogP contribution is -2.36. The lowest BCUT2D eigenvalue weighted by molar-refractivity contribution is -0.136. The molecule has 2 amide bonds. The SMILES string of the molecule is CCOC(=O)c1ccc(NC(=O)C(=O)NCCc2ccc(S(=O)(=O)N3CCCCC3)cc2)cc1. The summed E-state index contributed by atoms with van der Waals surface area (Å²) in [5, 5.41) is 5.01. The third-order valence-corrected chi connectivity index (χ3v) is 7.35. The molecule has 2 aromatic carbocycles. The van der Waals surface area contributed by atoms with Crippen molar-refractivity contribution in [3.8, 4) is 0 Å². The first-order chi connectivity index (χ1) is 16.3. The van der Waals surface area contributed by atoms with Crippen molar-refractivity contribution in [3.63, 3.8) is 0 Å². The topological polar surface area (TPSA) is 122 Å². The lowest BCUT2D eigenvalue weighted by Gasteiger charge is -2.25. The highest BCUT2D eigenvalue weighted by molar-refractivity contribution is 7.89. The zero-order valence-corrected chi connectivity index (χ0v) is 19.9. The third kappa shape index (κ3) is 6.64. The van der Waals surface area contributed by atoms with Gasteiger partial charge in [0.15, 0.2) is 0 Å². The number of hydrogen-bond donors (Lipinski definition) is 2. The van der Waals surface area contributed by atoms with Crippen LogP contribution in [0, 0.1) is 0 Å². The van der Waals surface area contributed by atoms with E-state index in [1.165, 1.54) is 28.6 Å². The van der Waals surface area contributed by atoms with Crippen LogP contribution >= 0.6 is 0 Å². The number of sulfonamides is 1. The molecule has 10 heteroatoms. The van der Waals surface area contributed by atoms with Crippen LogP contribution in [0.2, 0.25) is 0 Å².